The molecule has 2 atom stereocenters. The summed E-state index contributed by atoms with van der Waals surface area (Å²) in [7, 11) is 0. The van der Waals surface area contributed by atoms with E-state index in [1.807, 2.05) is 60.4 Å². The van der Waals surface area contributed by atoms with Crippen LogP contribution in [-0.2, 0) is 11.3 Å². The van der Waals surface area contributed by atoms with Crippen LogP contribution in [0.2, 0.25) is 0 Å². The fourth-order valence-electron chi connectivity index (χ4n) is 4.09. The Labute approximate surface area is 185 Å². The van der Waals surface area contributed by atoms with E-state index in [-0.39, 0.29) is 24.0 Å². The lowest BCUT2D eigenvalue weighted by Gasteiger charge is -2.39. The van der Waals surface area contributed by atoms with E-state index < -0.39 is 0 Å². The van der Waals surface area contributed by atoms with E-state index in [9.17, 15) is 9.59 Å². The molecule has 0 aromatic heterocycles. The standard InChI is InChI=1S/C23H26BrN3O3/c1-16-14-27(20-9-2-3-10-21(20)30-16)23(29)26-11-5-7-18(15-26)22(28)25-13-17-6-4-8-19(24)12-17/h2-4,6,8-10,12,16,18H,5,7,11,13-15H2,1H3,(H,25,28)/t16-,18-/m0/s1. The molecule has 1 fully saturated rings. The maximum atomic E-state index is 13.3. The molecule has 0 aliphatic carbocycles. The fraction of sp³-hybridized carbons (Fsp3) is 0.391. The number of rotatable bonds is 3. The Morgan fingerprint density at radius 2 is 2.00 bits per heavy atom. The van der Waals surface area contributed by atoms with Crippen molar-refractivity contribution in [2.45, 2.75) is 32.4 Å². The lowest BCUT2D eigenvalue weighted by Crippen LogP contribution is -2.53. The highest BCUT2D eigenvalue weighted by atomic mass is 79.9. The Kier molecular flexibility index (Phi) is 6.27. The molecule has 1 saturated heterocycles. The fourth-order valence-corrected chi connectivity index (χ4v) is 4.53. The highest BCUT2D eigenvalue weighted by Crippen LogP contribution is 2.34. The van der Waals surface area contributed by atoms with Crippen molar-refractivity contribution in [3.05, 3.63) is 58.6 Å². The van der Waals surface area contributed by atoms with Gasteiger partial charge in [-0.15, -0.1) is 0 Å². The summed E-state index contributed by atoms with van der Waals surface area (Å²) in [6.45, 7) is 4.06. The molecule has 2 aromatic carbocycles. The van der Waals surface area contributed by atoms with Gasteiger partial charge < -0.3 is 15.0 Å². The molecule has 2 aromatic rings. The van der Waals surface area contributed by atoms with E-state index in [1.165, 1.54) is 0 Å². The van der Waals surface area contributed by atoms with Crippen LogP contribution in [0.25, 0.3) is 0 Å². The van der Waals surface area contributed by atoms with Crippen LogP contribution in [0.15, 0.2) is 53.0 Å². The molecule has 0 bridgehead atoms. The highest BCUT2D eigenvalue weighted by Gasteiger charge is 2.34. The van der Waals surface area contributed by atoms with Gasteiger partial charge in [0.25, 0.3) is 0 Å². The number of fused-ring (bicyclic) bond motifs is 1. The largest absolute Gasteiger partial charge is 0.487 e. The summed E-state index contributed by atoms with van der Waals surface area (Å²) in [5.41, 5.74) is 1.84. The average molecular weight is 472 g/mol. The lowest BCUT2D eigenvalue weighted by molar-refractivity contribution is -0.126. The number of anilines is 1. The van der Waals surface area contributed by atoms with E-state index in [2.05, 4.69) is 21.2 Å². The Morgan fingerprint density at radius 3 is 2.83 bits per heavy atom. The third kappa shape index (κ3) is 4.61. The molecule has 4 rings (SSSR count). The second-order valence-electron chi connectivity index (χ2n) is 7.92. The first-order valence-corrected chi connectivity index (χ1v) is 11.1. The summed E-state index contributed by atoms with van der Waals surface area (Å²) in [6, 6.07) is 15.5. The zero-order valence-corrected chi connectivity index (χ0v) is 18.6. The number of piperidine rings is 1. The number of hydrogen-bond donors (Lipinski definition) is 1. The predicted molar refractivity (Wildman–Crippen MR) is 120 cm³/mol. The molecule has 0 spiro atoms. The van der Waals surface area contributed by atoms with Crippen molar-refractivity contribution < 1.29 is 14.3 Å². The first-order chi connectivity index (χ1) is 14.5. The number of para-hydroxylation sites is 2. The monoisotopic (exact) mass is 471 g/mol. The molecule has 1 N–H and O–H groups in total. The van der Waals surface area contributed by atoms with Gasteiger partial charge in [0.2, 0.25) is 5.91 Å². The molecule has 2 aliphatic rings. The average Bonchev–Trinajstić information content (AvgIpc) is 2.76. The van der Waals surface area contributed by atoms with E-state index in [1.54, 1.807) is 4.90 Å². The second-order valence-corrected chi connectivity index (χ2v) is 8.84. The zero-order valence-electron chi connectivity index (χ0n) is 17.0. The molecule has 7 heteroatoms. The second kappa shape index (κ2) is 9.08. The number of nitrogens with one attached hydrogen (secondary N) is 1. The Hall–Kier alpha value is -2.54. The smallest absolute Gasteiger partial charge is 0.324 e. The summed E-state index contributed by atoms with van der Waals surface area (Å²) in [5, 5.41) is 3.03. The number of halogens is 1. The first kappa shape index (κ1) is 20.7. The van der Waals surface area contributed by atoms with Gasteiger partial charge in [0, 0.05) is 24.1 Å². The minimum absolute atomic E-state index is 0.00298. The van der Waals surface area contributed by atoms with Gasteiger partial charge in [-0.1, -0.05) is 40.2 Å². The van der Waals surface area contributed by atoms with Crippen LogP contribution in [0, 0.1) is 5.92 Å². The van der Waals surface area contributed by atoms with Gasteiger partial charge in [-0.2, -0.15) is 0 Å². The van der Waals surface area contributed by atoms with Crippen LogP contribution < -0.4 is 15.0 Å². The van der Waals surface area contributed by atoms with Crippen molar-refractivity contribution in [3.63, 3.8) is 0 Å². The number of carbonyl (C=O) groups excluding carboxylic acids is 2. The van der Waals surface area contributed by atoms with Crippen molar-refractivity contribution in [3.8, 4) is 5.75 Å². The molecular weight excluding hydrogens is 446 g/mol. The summed E-state index contributed by atoms with van der Waals surface area (Å²) < 4.78 is 6.85. The van der Waals surface area contributed by atoms with Gasteiger partial charge in [0.15, 0.2) is 0 Å². The van der Waals surface area contributed by atoms with E-state index in [0.29, 0.717) is 26.2 Å². The molecule has 2 heterocycles. The van der Waals surface area contributed by atoms with E-state index >= 15 is 0 Å². The molecular formula is C23H26BrN3O3. The number of carbonyl (C=O) groups is 2. The third-order valence-corrected chi connectivity index (χ3v) is 6.07. The molecule has 6 nitrogen and oxygen atoms in total. The number of hydrogen-bond acceptors (Lipinski definition) is 3. The van der Waals surface area contributed by atoms with Crippen LogP contribution in [0.4, 0.5) is 10.5 Å². The number of benzene rings is 2. The summed E-state index contributed by atoms with van der Waals surface area (Å²) in [5.74, 6) is 0.539. The highest BCUT2D eigenvalue weighted by molar-refractivity contribution is 9.10. The molecule has 3 amide bonds. The minimum atomic E-state index is -0.191. The minimum Gasteiger partial charge on any atom is -0.487 e. The van der Waals surface area contributed by atoms with Gasteiger partial charge in [0.05, 0.1) is 18.2 Å². The summed E-state index contributed by atoms with van der Waals surface area (Å²) in [4.78, 5) is 29.7. The lowest BCUT2D eigenvalue weighted by atomic mass is 9.97. The predicted octanol–water partition coefficient (Wildman–Crippen LogP) is 4.18. The Morgan fingerprint density at radius 1 is 1.17 bits per heavy atom. The van der Waals surface area contributed by atoms with Crippen molar-refractivity contribution >= 4 is 33.6 Å². The number of urea groups is 1. The normalized spacial score (nSPS) is 20.9. The maximum Gasteiger partial charge on any atom is 0.324 e. The van der Waals surface area contributed by atoms with Crippen LogP contribution >= 0.6 is 15.9 Å². The first-order valence-electron chi connectivity index (χ1n) is 10.4. The van der Waals surface area contributed by atoms with Gasteiger partial charge in [0.1, 0.15) is 11.9 Å². The maximum absolute atomic E-state index is 13.3. The van der Waals surface area contributed by atoms with Gasteiger partial charge in [-0.25, -0.2) is 4.79 Å². The van der Waals surface area contributed by atoms with Crippen LogP contribution in [0.5, 0.6) is 5.75 Å². The summed E-state index contributed by atoms with van der Waals surface area (Å²) >= 11 is 3.45. The molecule has 0 unspecified atom stereocenters. The molecule has 158 valence electrons. The van der Waals surface area contributed by atoms with Crippen molar-refractivity contribution in [2.24, 2.45) is 5.92 Å². The van der Waals surface area contributed by atoms with Crippen molar-refractivity contribution in [1.29, 1.82) is 0 Å². The zero-order chi connectivity index (χ0) is 21.1. The summed E-state index contributed by atoms with van der Waals surface area (Å²) in [6.07, 6.45) is 1.55. The van der Waals surface area contributed by atoms with Crippen LogP contribution in [0.1, 0.15) is 25.3 Å². The molecule has 30 heavy (non-hydrogen) atoms. The van der Waals surface area contributed by atoms with Crippen LogP contribution in [0.3, 0.4) is 0 Å². The third-order valence-electron chi connectivity index (χ3n) is 5.57. The van der Waals surface area contributed by atoms with Gasteiger partial charge >= 0.3 is 6.03 Å². The van der Waals surface area contributed by atoms with Gasteiger partial charge in [-0.05, 0) is 49.6 Å². The topological polar surface area (TPSA) is 61.9 Å². The number of nitrogens with zero attached hydrogens (tertiary/aromatic N) is 2. The number of likely N-dealkylation sites (tertiary alicyclic amines) is 1. The Balaban J connectivity index is 1.40. The van der Waals surface area contributed by atoms with Crippen molar-refractivity contribution in [2.75, 3.05) is 24.5 Å². The van der Waals surface area contributed by atoms with Crippen molar-refractivity contribution in [1.82, 2.24) is 10.2 Å². The van der Waals surface area contributed by atoms with Crippen LogP contribution in [-0.4, -0.2) is 42.6 Å². The molecule has 2 aliphatic heterocycles. The van der Waals surface area contributed by atoms with E-state index in [4.69, 9.17) is 4.74 Å². The number of amides is 3. The van der Waals surface area contributed by atoms with Gasteiger partial charge in [-0.3, -0.25) is 9.69 Å². The SMILES string of the molecule is C[C@H]1CN(C(=O)N2CCC[C@H](C(=O)NCc3cccc(Br)c3)C2)c2ccccc2O1. The quantitative estimate of drug-likeness (QED) is 0.729. The molecule has 0 saturated carbocycles. The Bertz CT molecular complexity index is 935. The van der Waals surface area contributed by atoms with E-state index in [0.717, 1.165) is 34.3 Å². The number of ether oxygens (including phenoxy) is 1. The molecule has 0 radical (unpaired) electrons.